The largest absolute Gasteiger partial charge is 0.454 e. The van der Waals surface area contributed by atoms with Gasteiger partial charge in [0.25, 0.3) is 0 Å². The number of aromatic nitrogens is 2. The third-order valence-electron chi connectivity index (χ3n) is 2.63. The van der Waals surface area contributed by atoms with Crippen molar-refractivity contribution in [1.82, 2.24) is 8.75 Å². The van der Waals surface area contributed by atoms with E-state index >= 15 is 0 Å². The molecule has 86 valence electrons. The van der Waals surface area contributed by atoms with Crippen LogP contribution >= 0.6 is 11.7 Å². The topological polar surface area (TPSA) is 51.0 Å². The van der Waals surface area contributed by atoms with Crippen molar-refractivity contribution in [1.29, 1.82) is 0 Å². The van der Waals surface area contributed by atoms with Gasteiger partial charge < -0.3 is 9.73 Å². The smallest absolute Gasteiger partial charge is 0.171 e. The van der Waals surface area contributed by atoms with E-state index in [2.05, 4.69) is 27.1 Å². The van der Waals surface area contributed by atoms with Crippen molar-refractivity contribution in [2.24, 2.45) is 0 Å². The Hall–Kier alpha value is -1.88. The van der Waals surface area contributed by atoms with Gasteiger partial charge in [0.2, 0.25) is 0 Å². The summed E-state index contributed by atoms with van der Waals surface area (Å²) in [6.45, 7) is 2.07. The Morgan fingerprint density at radius 3 is 2.94 bits per heavy atom. The highest BCUT2D eigenvalue weighted by atomic mass is 32.1. The van der Waals surface area contributed by atoms with Gasteiger partial charge in [-0.1, -0.05) is 11.6 Å². The summed E-state index contributed by atoms with van der Waals surface area (Å²) in [5.74, 6) is 1.51. The van der Waals surface area contributed by atoms with E-state index in [-0.39, 0.29) is 0 Å². The lowest BCUT2D eigenvalue weighted by atomic mass is 10.2. The molecule has 1 N–H and O–H groups in total. The first-order valence-corrected chi connectivity index (χ1v) is 6.02. The molecule has 3 rings (SSSR count). The standard InChI is InChI=1S/C12H11N3OS/c1-7-3-4-9-8(5-7)6-10(16-9)11-12(13-2)15-17-14-11/h3-6H,1-2H3,(H,13,15). The van der Waals surface area contributed by atoms with Crippen LogP contribution < -0.4 is 5.32 Å². The summed E-state index contributed by atoms with van der Waals surface area (Å²) in [5, 5.41) is 4.10. The van der Waals surface area contributed by atoms with Crippen molar-refractivity contribution < 1.29 is 4.42 Å². The third-order valence-corrected chi connectivity index (χ3v) is 3.16. The molecule has 0 saturated carbocycles. The van der Waals surface area contributed by atoms with Gasteiger partial charge in [-0.15, -0.1) is 0 Å². The van der Waals surface area contributed by atoms with Crippen LogP contribution in [0.5, 0.6) is 0 Å². The Morgan fingerprint density at radius 1 is 1.24 bits per heavy atom. The monoisotopic (exact) mass is 245 g/mol. The lowest BCUT2D eigenvalue weighted by Crippen LogP contribution is -1.89. The number of hydrogen-bond donors (Lipinski definition) is 1. The number of fused-ring (bicyclic) bond motifs is 1. The van der Waals surface area contributed by atoms with Gasteiger partial charge >= 0.3 is 0 Å². The van der Waals surface area contributed by atoms with Gasteiger partial charge in [0, 0.05) is 12.4 Å². The van der Waals surface area contributed by atoms with Crippen molar-refractivity contribution in [2.75, 3.05) is 12.4 Å². The molecule has 3 aromatic rings. The highest BCUT2D eigenvalue weighted by Crippen LogP contribution is 2.31. The predicted octanol–water partition coefficient (Wildman–Crippen LogP) is 3.30. The van der Waals surface area contributed by atoms with Crippen molar-refractivity contribution in [3.63, 3.8) is 0 Å². The second kappa shape index (κ2) is 3.85. The molecular formula is C12H11N3OS. The molecule has 2 heterocycles. The van der Waals surface area contributed by atoms with E-state index in [0.717, 1.165) is 28.2 Å². The molecule has 0 radical (unpaired) electrons. The van der Waals surface area contributed by atoms with Crippen LogP contribution in [0.1, 0.15) is 5.56 Å². The van der Waals surface area contributed by atoms with Crippen molar-refractivity contribution in [3.05, 3.63) is 29.8 Å². The minimum absolute atomic E-state index is 0.753. The van der Waals surface area contributed by atoms with Crippen LogP contribution in [0.2, 0.25) is 0 Å². The second-order valence-electron chi connectivity index (χ2n) is 3.86. The molecule has 0 saturated heterocycles. The van der Waals surface area contributed by atoms with E-state index in [9.17, 15) is 0 Å². The van der Waals surface area contributed by atoms with E-state index in [1.54, 1.807) is 0 Å². The number of hydrogen-bond acceptors (Lipinski definition) is 5. The summed E-state index contributed by atoms with van der Waals surface area (Å²) in [4.78, 5) is 0. The average molecular weight is 245 g/mol. The van der Waals surface area contributed by atoms with Gasteiger partial charge in [0.1, 0.15) is 5.58 Å². The van der Waals surface area contributed by atoms with Crippen LogP contribution in [0.15, 0.2) is 28.7 Å². The maximum Gasteiger partial charge on any atom is 0.171 e. The zero-order valence-corrected chi connectivity index (χ0v) is 10.3. The molecular weight excluding hydrogens is 234 g/mol. The first-order valence-electron chi connectivity index (χ1n) is 5.29. The fourth-order valence-electron chi connectivity index (χ4n) is 1.79. The number of furan rings is 1. The molecule has 0 amide bonds. The quantitative estimate of drug-likeness (QED) is 0.752. The van der Waals surface area contributed by atoms with Gasteiger partial charge in [-0.2, -0.15) is 8.75 Å². The molecule has 1 aromatic carbocycles. The lowest BCUT2D eigenvalue weighted by Gasteiger charge is -1.94. The SMILES string of the molecule is CNc1nsnc1-c1cc2cc(C)ccc2o1. The molecule has 17 heavy (non-hydrogen) atoms. The molecule has 2 aromatic heterocycles. The molecule has 0 fully saturated rings. The van der Waals surface area contributed by atoms with Crippen LogP contribution in [-0.2, 0) is 0 Å². The van der Waals surface area contributed by atoms with Gasteiger partial charge in [-0.05, 0) is 25.1 Å². The van der Waals surface area contributed by atoms with E-state index < -0.39 is 0 Å². The number of anilines is 1. The van der Waals surface area contributed by atoms with E-state index in [1.807, 2.05) is 25.2 Å². The number of nitrogens with one attached hydrogen (secondary N) is 1. The number of aryl methyl sites for hydroxylation is 1. The Balaban J connectivity index is 2.18. The van der Waals surface area contributed by atoms with Gasteiger partial charge in [0.05, 0.1) is 11.7 Å². The zero-order chi connectivity index (χ0) is 11.8. The Kier molecular flexibility index (Phi) is 2.33. The Labute approximate surface area is 103 Å². The molecule has 0 aliphatic carbocycles. The number of nitrogens with zero attached hydrogens (tertiary/aromatic N) is 2. The van der Waals surface area contributed by atoms with Crippen LogP contribution in [0.4, 0.5) is 5.82 Å². The molecule has 5 heteroatoms. The van der Waals surface area contributed by atoms with Gasteiger partial charge in [-0.3, -0.25) is 0 Å². The first kappa shape index (κ1) is 10.3. The summed E-state index contributed by atoms with van der Waals surface area (Å²) in [6.07, 6.45) is 0. The summed E-state index contributed by atoms with van der Waals surface area (Å²) in [7, 11) is 1.83. The summed E-state index contributed by atoms with van der Waals surface area (Å²) >= 11 is 1.18. The molecule has 0 aliphatic heterocycles. The van der Waals surface area contributed by atoms with E-state index in [0.29, 0.717) is 0 Å². The molecule has 0 aliphatic rings. The normalized spacial score (nSPS) is 10.9. The molecule has 0 unspecified atom stereocenters. The van der Waals surface area contributed by atoms with Gasteiger partial charge in [0.15, 0.2) is 17.3 Å². The van der Waals surface area contributed by atoms with Crippen LogP contribution in [-0.4, -0.2) is 15.8 Å². The van der Waals surface area contributed by atoms with Gasteiger partial charge in [-0.25, -0.2) is 0 Å². The maximum absolute atomic E-state index is 5.77. The maximum atomic E-state index is 5.77. The second-order valence-corrected chi connectivity index (χ2v) is 4.39. The predicted molar refractivity (Wildman–Crippen MR) is 69.4 cm³/mol. The molecule has 0 spiro atoms. The van der Waals surface area contributed by atoms with E-state index in [4.69, 9.17) is 4.42 Å². The third kappa shape index (κ3) is 1.68. The Morgan fingerprint density at radius 2 is 2.12 bits per heavy atom. The molecule has 4 nitrogen and oxygen atoms in total. The molecule has 0 atom stereocenters. The van der Waals surface area contributed by atoms with Crippen LogP contribution in [0.25, 0.3) is 22.4 Å². The van der Waals surface area contributed by atoms with Crippen molar-refractivity contribution in [3.8, 4) is 11.5 Å². The number of rotatable bonds is 2. The number of benzene rings is 1. The van der Waals surface area contributed by atoms with Crippen molar-refractivity contribution >= 4 is 28.5 Å². The molecule has 0 bridgehead atoms. The Bertz CT molecular complexity index is 671. The minimum atomic E-state index is 0.753. The average Bonchev–Trinajstić information content (AvgIpc) is 2.93. The zero-order valence-electron chi connectivity index (χ0n) is 9.52. The first-order chi connectivity index (χ1) is 8.28. The fourth-order valence-corrected chi connectivity index (χ4v) is 2.35. The summed E-state index contributed by atoms with van der Waals surface area (Å²) in [6, 6.07) is 8.11. The van der Waals surface area contributed by atoms with Crippen molar-refractivity contribution in [2.45, 2.75) is 6.92 Å². The highest BCUT2D eigenvalue weighted by Gasteiger charge is 2.14. The van der Waals surface area contributed by atoms with Crippen LogP contribution in [0, 0.1) is 6.92 Å². The van der Waals surface area contributed by atoms with Crippen LogP contribution in [0.3, 0.4) is 0 Å². The minimum Gasteiger partial charge on any atom is -0.454 e. The highest BCUT2D eigenvalue weighted by molar-refractivity contribution is 6.99. The summed E-state index contributed by atoms with van der Waals surface area (Å²) < 4.78 is 14.2. The summed E-state index contributed by atoms with van der Waals surface area (Å²) in [5.41, 5.74) is 2.86. The van der Waals surface area contributed by atoms with E-state index in [1.165, 1.54) is 17.3 Å². The fraction of sp³-hybridized carbons (Fsp3) is 0.167. The lowest BCUT2D eigenvalue weighted by molar-refractivity contribution is 0.630.